The number of fused-ring (bicyclic) bond motifs is 12. The number of thiophene rings is 3. The second kappa shape index (κ2) is 31.2. The normalized spacial score (nSPS) is 11.9. The number of benzene rings is 17. The molecule has 0 aliphatic heterocycles. The summed E-state index contributed by atoms with van der Waals surface area (Å²) in [6, 6.07) is 136. The summed E-state index contributed by atoms with van der Waals surface area (Å²) in [7, 11) is 0. The lowest BCUT2D eigenvalue weighted by atomic mass is 9.83. The topological polar surface area (TPSA) is 78.1 Å². The SMILES string of the molecule is CC(C)(C)c1ccc2sc3c(-c4ccc(-c5nc6ccccc6o5)cc4)cc(C(C)(C)C)cc3c2c1.c1ccc(-c2cc(-c3ccccc3)c3sc4c(-c5ccc(-c6nc7ccccc7o6)cc5)cc(-c5ccccc5)cc4c3c2)cc1.c1ccc(-c2ccc3sc4c(-c5ccc(-c6nc7ccccc7o6)cc5)cc(-c5ccccc5)cc4c3c2)cc1. The van der Waals surface area contributed by atoms with Crippen LogP contribution in [0.3, 0.4) is 0 Å². The van der Waals surface area contributed by atoms with E-state index in [9.17, 15) is 0 Å². The van der Waals surface area contributed by atoms with E-state index in [1.807, 2.05) is 107 Å². The fraction of sp³-hybridized carbons (Fsp3) is 0.0708. The maximum atomic E-state index is 6.08. The largest absolute Gasteiger partial charge is 0.436 e. The van der Waals surface area contributed by atoms with Crippen molar-refractivity contribution < 1.29 is 13.3 Å². The first kappa shape index (κ1) is 75.3. The minimum Gasteiger partial charge on any atom is -0.436 e. The van der Waals surface area contributed by atoms with Crippen LogP contribution >= 0.6 is 34.0 Å². The summed E-state index contributed by atoms with van der Waals surface area (Å²) >= 11 is 5.64. The van der Waals surface area contributed by atoms with Gasteiger partial charge < -0.3 is 13.3 Å². The molecule has 0 aliphatic carbocycles. The predicted octanol–water partition coefficient (Wildman–Crippen LogP) is 33.5. The second-order valence-corrected chi connectivity index (χ2v) is 36.5. The number of para-hydroxylation sites is 6. The van der Waals surface area contributed by atoms with Gasteiger partial charge in [0.25, 0.3) is 0 Å². The molecular formula is C113H81N3O3S3. The van der Waals surface area contributed by atoms with Gasteiger partial charge in [-0.2, -0.15) is 0 Å². The molecule has 0 radical (unpaired) electrons. The molecule has 584 valence electrons. The van der Waals surface area contributed by atoms with Crippen LogP contribution in [0, 0.1) is 0 Å². The zero-order chi connectivity index (χ0) is 82.2. The molecule has 0 fully saturated rings. The van der Waals surface area contributed by atoms with E-state index in [4.69, 9.17) is 18.2 Å². The summed E-state index contributed by atoms with van der Waals surface area (Å²) in [5.41, 5.74) is 30.4. The van der Waals surface area contributed by atoms with Crippen LogP contribution in [0.15, 0.2) is 395 Å². The third kappa shape index (κ3) is 14.5. The van der Waals surface area contributed by atoms with E-state index >= 15 is 0 Å². The Balaban J connectivity index is 0.000000114. The van der Waals surface area contributed by atoms with Crippen molar-refractivity contribution >= 4 is 128 Å². The van der Waals surface area contributed by atoms with E-state index in [1.165, 1.54) is 161 Å². The first-order chi connectivity index (χ1) is 59.7. The standard InChI is InChI=1S/C43H27NOS.C37H23NOS.C33H31NOS/c1-4-12-28(13-5-1)33-24-35(30-16-8-3-9-17-30)41-37(26-33)38-27-34(29-14-6-2-7-15-29)25-36(42(38)46-41)31-20-22-32(23-21-31)43-44-39-18-10-11-19-40(39)45-43;1-3-9-24(10-4-1)28-19-20-35-31(21-28)32-23-29(25-11-5-2-6-12-25)22-30(36(32)40-35)26-15-17-27(18-16-26)37-38-33-13-7-8-14-34(33)39-37;1-32(2,3)22-15-16-29-25(17-22)26-19-23(33(4,5)6)18-24(30(26)36-29)20-11-13-21(14-12-20)31-34-27-9-7-8-10-28(27)35-31/h1-27H;1-23H;7-19H,1-6H3. The lowest BCUT2D eigenvalue weighted by molar-refractivity contribution is 0.590. The first-order valence-corrected chi connectivity index (χ1v) is 43.8. The van der Waals surface area contributed by atoms with Gasteiger partial charge in [0, 0.05) is 93.9 Å². The van der Waals surface area contributed by atoms with Crippen molar-refractivity contribution in [3.8, 4) is 123 Å². The van der Waals surface area contributed by atoms with Crippen molar-refractivity contribution in [1.82, 2.24) is 15.0 Å². The number of hydrogen-bond acceptors (Lipinski definition) is 9. The van der Waals surface area contributed by atoms with Gasteiger partial charge in [0.2, 0.25) is 17.7 Å². The lowest BCUT2D eigenvalue weighted by Crippen LogP contribution is -2.11. The first-order valence-electron chi connectivity index (χ1n) is 41.4. The minimum atomic E-state index is 0.0526. The van der Waals surface area contributed by atoms with Crippen molar-refractivity contribution in [2.45, 2.75) is 52.4 Å². The molecule has 17 aromatic carbocycles. The molecule has 0 atom stereocenters. The fourth-order valence-corrected chi connectivity index (χ4v) is 20.4. The van der Waals surface area contributed by atoms with Gasteiger partial charge in [-0.1, -0.05) is 278 Å². The molecule has 0 unspecified atom stereocenters. The summed E-state index contributed by atoms with van der Waals surface area (Å²) in [6.45, 7) is 13.7. The molecule has 0 saturated carbocycles. The summed E-state index contributed by atoms with van der Waals surface area (Å²) in [4.78, 5) is 14.1. The molecule has 6 aromatic heterocycles. The minimum absolute atomic E-state index is 0.0526. The molecule has 122 heavy (non-hydrogen) atoms. The van der Waals surface area contributed by atoms with Crippen LogP contribution in [0.2, 0.25) is 0 Å². The van der Waals surface area contributed by atoms with Crippen molar-refractivity contribution in [2.75, 3.05) is 0 Å². The smallest absolute Gasteiger partial charge is 0.227 e. The Hall–Kier alpha value is -14.2. The Morgan fingerprint density at radius 2 is 0.459 bits per heavy atom. The maximum Gasteiger partial charge on any atom is 0.227 e. The average Bonchev–Trinajstić information content (AvgIpc) is 1.59. The Morgan fingerprint density at radius 3 is 0.828 bits per heavy atom. The monoisotopic (exact) mass is 1620 g/mol. The number of aromatic nitrogens is 3. The van der Waals surface area contributed by atoms with E-state index < -0.39 is 0 Å². The number of hydrogen-bond donors (Lipinski definition) is 0. The molecule has 23 rings (SSSR count). The molecule has 9 heteroatoms. The number of nitrogens with zero attached hydrogens (tertiary/aromatic N) is 3. The summed E-state index contributed by atoms with van der Waals surface area (Å²) in [5, 5.41) is 7.85. The third-order valence-corrected chi connectivity index (χ3v) is 27.0. The number of oxazole rings is 3. The predicted molar refractivity (Wildman–Crippen MR) is 518 cm³/mol. The molecular weight excluding hydrogens is 1540 g/mol. The number of rotatable bonds is 11. The average molecular weight is 1630 g/mol. The van der Waals surface area contributed by atoms with Crippen LogP contribution in [0.4, 0.5) is 0 Å². The van der Waals surface area contributed by atoms with Crippen molar-refractivity contribution in [1.29, 1.82) is 0 Å². The lowest BCUT2D eigenvalue weighted by Gasteiger charge is -2.21. The van der Waals surface area contributed by atoms with Crippen molar-refractivity contribution in [3.05, 3.63) is 393 Å². The van der Waals surface area contributed by atoms with Crippen molar-refractivity contribution in [2.24, 2.45) is 0 Å². The molecule has 6 heterocycles. The van der Waals surface area contributed by atoms with Crippen LogP contribution in [0.1, 0.15) is 52.7 Å². The highest BCUT2D eigenvalue weighted by atomic mass is 32.1. The van der Waals surface area contributed by atoms with E-state index in [-0.39, 0.29) is 10.8 Å². The van der Waals surface area contributed by atoms with Gasteiger partial charge in [0.1, 0.15) is 16.6 Å². The molecule has 0 N–H and O–H groups in total. The summed E-state index contributed by atoms with van der Waals surface area (Å²) < 4.78 is 26.0. The quantitative estimate of drug-likeness (QED) is 0.128. The fourth-order valence-electron chi connectivity index (χ4n) is 16.7. The van der Waals surface area contributed by atoms with Gasteiger partial charge >= 0.3 is 0 Å². The van der Waals surface area contributed by atoms with Gasteiger partial charge in [-0.15, -0.1) is 34.0 Å². The Labute approximate surface area is 719 Å². The molecule has 0 amide bonds. The van der Waals surface area contributed by atoms with Gasteiger partial charge in [-0.25, -0.2) is 15.0 Å². The van der Waals surface area contributed by atoms with E-state index in [0.717, 1.165) is 50.0 Å². The Bertz CT molecular complexity index is 7740. The highest BCUT2D eigenvalue weighted by molar-refractivity contribution is 7.27. The molecule has 0 bridgehead atoms. The molecule has 23 aromatic rings. The zero-order valence-electron chi connectivity index (χ0n) is 68.2. The van der Waals surface area contributed by atoms with Gasteiger partial charge in [-0.3, -0.25) is 0 Å². The molecule has 6 nitrogen and oxygen atoms in total. The Kier molecular flexibility index (Phi) is 19.2. The van der Waals surface area contributed by atoms with Crippen LogP contribution in [-0.4, -0.2) is 15.0 Å². The van der Waals surface area contributed by atoms with Gasteiger partial charge in [0.15, 0.2) is 16.7 Å². The van der Waals surface area contributed by atoms with Crippen LogP contribution in [0.5, 0.6) is 0 Å². The molecule has 0 aliphatic rings. The van der Waals surface area contributed by atoms with E-state index in [1.54, 1.807) is 0 Å². The van der Waals surface area contributed by atoms with E-state index in [0.29, 0.717) is 17.7 Å². The van der Waals surface area contributed by atoms with Gasteiger partial charge in [-0.05, 0) is 240 Å². The molecule has 0 saturated heterocycles. The van der Waals surface area contributed by atoms with E-state index in [2.05, 4.69) is 361 Å². The highest BCUT2D eigenvalue weighted by Gasteiger charge is 2.25. The zero-order valence-corrected chi connectivity index (χ0v) is 70.6. The molecule has 0 spiro atoms. The summed E-state index contributed by atoms with van der Waals surface area (Å²) in [6.07, 6.45) is 0. The van der Waals surface area contributed by atoms with Gasteiger partial charge in [0.05, 0.1) is 0 Å². The highest BCUT2D eigenvalue weighted by Crippen LogP contribution is 2.51. The third-order valence-electron chi connectivity index (χ3n) is 23.3. The maximum absolute atomic E-state index is 6.08. The van der Waals surface area contributed by atoms with Crippen LogP contribution in [-0.2, 0) is 10.8 Å². The van der Waals surface area contributed by atoms with Crippen LogP contribution < -0.4 is 0 Å². The van der Waals surface area contributed by atoms with Crippen molar-refractivity contribution in [3.63, 3.8) is 0 Å². The Morgan fingerprint density at radius 1 is 0.197 bits per heavy atom. The second-order valence-electron chi connectivity index (χ2n) is 33.4. The summed E-state index contributed by atoms with van der Waals surface area (Å²) in [5.74, 6) is 1.94. The van der Waals surface area contributed by atoms with Crippen LogP contribution in [0.25, 0.3) is 217 Å².